The lowest BCUT2D eigenvalue weighted by molar-refractivity contribution is -0.130. The molecule has 1 saturated heterocycles. The monoisotopic (exact) mass is 576 g/mol. The van der Waals surface area contributed by atoms with Gasteiger partial charge in [-0.2, -0.15) is 4.80 Å². The number of aromatic amines is 2. The van der Waals surface area contributed by atoms with E-state index in [1.54, 1.807) is 24.0 Å². The normalized spacial score (nSPS) is 17.6. The van der Waals surface area contributed by atoms with Crippen molar-refractivity contribution in [2.75, 3.05) is 6.54 Å². The van der Waals surface area contributed by atoms with Crippen LogP contribution in [0.4, 0.5) is 4.39 Å². The second kappa shape index (κ2) is 9.66. The van der Waals surface area contributed by atoms with Gasteiger partial charge in [-0.25, -0.2) is 9.18 Å². The van der Waals surface area contributed by atoms with Crippen molar-refractivity contribution in [3.8, 4) is 16.9 Å². The summed E-state index contributed by atoms with van der Waals surface area (Å²) in [6.45, 7) is 2.07. The minimum Gasteiger partial charge on any atom is -0.339 e. The van der Waals surface area contributed by atoms with Gasteiger partial charge in [0.2, 0.25) is 0 Å². The van der Waals surface area contributed by atoms with Crippen LogP contribution >= 0.6 is 15.9 Å². The van der Waals surface area contributed by atoms with Gasteiger partial charge < -0.3 is 19.6 Å². The largest absolute Gasteiger partial charge is 0.339 e. The van der Waals surface area contributed by atoms with Gasteiger partial charge in [-0.15, -0.1) is 10.2 Å². The zero-order valence-corrected chi connectivity index (χ0v) is 21.8. The van der Waals surface area contributed by atoms with Crippen molar-refractivity contribution in [1.82, 2.24) is 29.9 Å². The number of halogens is 2. The molecule has 9 nitrogen and oxygen atoms in total. The number of rotatable bonds is 6. The molecule has 2 unspecified atom stereocenters. The van der Waals surface area contributed by atoms with Crippen molar-refractivity contribution in [3.63, 3.8) is 0 Å². The number of hydrogen-bond acceptors (Lipinski definition) is 5. The van der Waals surface area contributed by atoms with Crippen LogP contribution in [0.3, 0.4) is 0 Å². The molecule has 5 aromatic rings. The first-order valence-corrected chi connectivity index (χ1v) is 12.8. The Hall–Kier alpha value is -4.09. The molecule has 1 aliphatic rings. The van der Waals surface area contributed by atoms with Gasteiger partial charge in [0.05, 0.1) is 16.7 Å². The fraction of sp³-hybridized carbons (Fsp3) is 0.185. The minimum absolute atomic E-state index is 0.158. The number of fused-ring (bicyclic) bond motifs is 1. The number of carbonyl (C=O) groups excluding carboxylic acids is 1. The van der Waals surface area contributed by atoms with Gasteiger partial charge in [-0.3, -0.25) is 4.79 Å². The molecule has 38 heavy (non-hydrogen) atoms. The summed E-state index contributed by atoms with van der Waals surface area (Å²) in [5.41, 5.74) is 4.45. The molecule has 6 rings (SSSR count). The standard InChI is InChI=1S/C27H22BrFN6O3/c1-15-25(36)34(13-12-16-2-11-21-22(14-16)31-27(37)30-21)26(38-15)24-23(17-3-7-19(29)8-4-17)32-35(33-24)20-9-5-18(28)6-10-20/h2-11,14-15,26H,12-13H2,1H3,(H2,30,31,37). The van der Waals surface area contributed by atoms with Crippen LogP contribution in [0.1, 0.15) is 24.4 Å². The Bertz CT molecular complexity index is 1690. The Morgan fingerprint density at radius 3 is 2.47 bits per heavy atom. The second-order valence-corrected chi connectivity index (χ2v) is 9.99. The van der Waals surface area contributed by atoms with Crippen LogP contribution in [0.5, 0.6) is 0 Å². The first-order valence-electron chi connectivity index (χ1n) is 12.0. The number of imidazole rings is 1. The third-order valence-corrected chi connectivity index (χ3v) is 7.05. The molecule has 2 N–H and O–H groups in total. The van der Waals surface area contributed by atoms with Crippen molar-refractivity contribution in [1.29, 1.82) is 0 Å². The first-order chi connectivity index (χ1) is 18.4. The third-order valence-electron chi connectivity index (χ3n) is 6.52. The van der Waals surface area contributed by atoms with Crippen LogP contribution in [0.25, 0.3) is 28.0 Å². The summed E-state index contributed by atoms with van der Waals surface area (Å²) >= 11 is 3.44. The van der Waals surface area contributed by atoms with E-state index in [2.05, 4.69) is 25.9 Å². The summed E-state index contributed by atoms with van der Waals surface area (Å²) in [5.74, 6) is -0.520. The molecule has 1 fully saturated rings. The highest BCUT2D eigenvalue weighted by Crippen LogP contribution is 2.36. The lowest BCUT2D eigenvalue weighted by Gasteiger charge is -2.22. The molecule has 0 bridgehead atoms. The maximum atomic E-state index is 13.7. The van der Waals surface area contributed by atoms with Gasteiger partial charge in [-0.05, 0) is 79.6 Å². The van der Waals surface area contributed by atoms with Crippen LogP contribution in [0.2, 0.25) is 0 Å². The molecule has 2 aromatic heterocycles. The number of nitrogens with zero attached hydrogens (tertiary/aromatic N) is 4. The van der Waals surface area contributed by atoms with Crippen molar-refractivity contribution in [2.24, 2.45) is 0 Å². The van der Waals surface area contributed by atoms with E-state index in [1.165, 1.54) is 16.9 Å². The highest BCUT2D eigenvalue weighted by atomic mass is 79.9. The zero-order chi connectivity index (χ0) is 26.4. The molecule has 1 amide bonds. The number of hydrogen-bond donors (Lipinski definition) is 2. The maximum Gasteiger partial charge on any atom is 0.323 e. The van der Waals surface area contributed by atoms with Crippen molar-refractivity contribution in [2.45, 2.75) is 25.7 Å². The van der Waals surface area contributed by atoms with E-state index in [9.17, 15) is 14.0 Å². The van der Waals surface area contributed by atoms with E-state index in [4.69, 9.17) is 14.9 Å². The molecule has 0 spiro atoms. The molecular formula is C27H22BrFN6O3. The summed E-state index contributed by atoms with van der Waals surface area (Å²) < 4.78 is 20.7. The average Bonchev–Trinajstić information content (AvgIpc) is 3.58. The first kappa shape index (κ1) is 24.3. The minimum atomic E-state index is -0.780. The average molecular weight is 577 g/mol. The molecule has 192 valence electrons. The van der Waals surface area contributed by atoms with E-state index in [0.29, 0.717) is 35.4 Å². The van der Waals surface area contributed by atoms with Gasteiger partial charge in [0.15, 0.2) is 6.23 Å². The highest BCUT2D eigenvalue weighted by molar-refractivity contribution is 9.10. The van der Waals surface area contributed by atoms with E-state index in [-0.39, 0.29) is 17.4 Å². The lowest BCUT2D eigenvalue weighted by Crippen LogP contribution is -2.32. The van der Waals surface area contributed by atoms with Crippen LogP contribution in [0, 0.1) is 5.82 Å². The van der Waals surface area contributed by atoms with Crippen LogP contribution in [0.15, 0.2) is 76.0 Å². The maximum absolute atomic E-state index is 13.7. The predicted molar refractivity (Wildman–Crippen MR) is 142 cm³/mol. The van der Waals surface area contributed by atoms with Gasteiger partial charge in [0.25, 0.3) is 5.91 Å². The number of aromatic nitrogens is 5. The third kappa shape index (κ3) is 4.54. The van der Waals surface area contributed by atoms with Gasteiger partial charge in [0.1, 0.15) is 23.3 Å². The highest BCUT2D eigenvalue weighted by Gasteiger charge is 2.41. The Labute approximate surface area is 224 Å². The Morgan fingerprint density at radius 2 is 1.71 bits per heavy atom. The molecule has 0 aliphatic carbocycles. The van der Waals surface area contributed by atoms with Crippen molar-refractivity contribution < 1.29 is 13.9 Å². The SMILES string of the molecule is CC1OC(c2nn(-c3ccc(Br)cc3)nc2-c2ccc(F)cc2)N(CCc2ccc3[nH]c(=O)[nH]c3c2)C1=O. The van der Waals surface area contributed by atoms with Crippen molar-refractivity contribution >= 4 is 32.9 Å². The number of H-pyrrole nitrogens is 2. The number of ether oxygens (including phenoxy) is 1. The zero-order valence-electron chi connectivity index (χ0n) is 20.2. The van der Waals surface area contributed by atoms with Gasteiger partial charge >= 0.3 is 5.69 Å². The number of amides is 1. The molecule has 11 heteroatoms. The van der Waals surface area contributed by atoms with Crippen LogP contribution in [-0.2, 0) is 16.0 Å². The van der Waals surface area contributed by atoms with Crippen LogP contribution < -0.4 is 5.69 Å². The number of nitrogens with one attached hydrogen (secondary N) is 2. The summed E-state index contributed by atoms with van der Waals surface area (Å²) in [4.78, 5) is 33.4. The Morgan fingerprint density at radius 1 is 0.974 bits per heavy atom. The second-order valence-electron chi connectivity index (χ2n) is 9.08. The number of carbonyl (C=O) groups is 1. The Balaban J connectivity index is 1.36. The molecular weight excluding hydrogens is 555 g/mol. The molecule has 3 heterocycles. The Kier molecular flexibility index (Phi) is 6.16. The molecule has 3 aromatic carbocycles. The molecule has 0 radical (unpaired) electrons. The lowest BCUT2D eigenvalue weighted by atomic mass is 10.1. The predicted octanol–water partition coefficient (Wildman–Crippen LogP) is 4.49. The smallest absolute Gasteiger partial charge is 0.323 e. The van der Waals surface area contributed by atoms with Gasteiger partial charge in [0, 0.05) is 16.6 Å². The number of benzene rings is 3. The summed E-state index contributed by atoms with van der Waals surface area (Å²) in [7, 11) is 0. The summed E-state index contributed by atoms with van der Waals surface area (Å²) in [6.07, 6.45) is -0.909. The van der Waals surface area contributed by atoms with E-state index in [1.807, 2.05) is 42.5 Å². The molecule has 0 saturated carbocycles. The topological polar surface area (TPSA) is 109 Å². The quantitative estimate of drug-likeness (QED) is 0.309. The summed E-state index contributed by atoms with van der Waals surface area (Å²) in [6, 6.07) is 19.1. The van der Waals surface area contributed by atoms with Crippen molar-refractivity contribution in [3.05, 3.63) is 98.8 Å². The van der Waals surface area contributed by atoms with E-state index >= 15 is 0 Å². The summed E-state index contributed by atoms with van der Waals surface area (Å²) in [5, 5.41) is 9.45. The van der Waals surface area contributed by atoms with Gasteiger partial charge in [-0.1, -0.05) is 22.0 Å². The van der Waals surface area contributed by atoms with Crippen LogP contribution in [-0.4, -0.2) is 48.4 Å². The molecule has 2 atom stereocenters. The van der Waals surface area contributed by atoms with E-state index < -0.39 is 12.3 Å². The molecule has 1 aliphatic heterocycles. The fourth-order valence-electron chi connectivity index (χ4n) is 4.59. The van der Waals surface area contributed by atoms with E-state index in [0.717, 1.165) is 21.2 Å². The fourth-order valence-corrected chi connectivity index (χ4v) is 4.85.